The number of carboxylic acid groups (broad SMARTS) is 1. The van der Waals surface area contributed by atoms with Crippen molar-refractivity contribution in [1.29, 1.82) is 0 Å². The van der Waals surface area contributed by atoms with Crippen LogP contribution >= 0.6 is 11.3 Å². The lowest BCUT2D eigenvalue weighted by Gasteiger charge is -2.16. The molecule has 19 heavy (non-hydrogen) atoms. The fraction of sp³-hybridized carbons (Fsp3) is 0.714. The average Bonchev–Trinajstić information content (AvgIpc) is 2.73. The molecule has 0 unspecified atom stereocenters. The molecule has 0 bridgehead atoms. The molecule has 0 aliphatic heterocycles. The van der Waals surface area contributed by atoms with Gasteiger partial charge in [0.15, 0.2) is 0 Å². The Bertz CT molecular complexity index is 412. The van der Waals surface area contributed by atoms with Crippen molar-refractivity contribution in [3.05, 3.63) is 15.6 Å². The van der Waals surface area contributed by atoms with Gasteiger partial charge in [-0.1, -0.05) is 27.7 Å². The lowest BCUT2D eigenvalue weighted by Crippen LogP contribution is -2.25. The molecule has 0 saturated heterocycles. The number of aliphatic carboxylic acids is 1. The Morgan fingerprint density at radius 3 is 2.47 bits per heavy atom. The van der Waals surface area contributed by atoms with E-state index in [0.717, 1.165) is 41.6 Å². The molecule has 1 aromatic heterocycles. The lowest BCUT2D eigenvalue weighted by atomic mass is 10.1. The van der Waals surface area contributed by atoms with E-state index in [-0.39, 0.29) is 12.3 Å². The number of carbonyl (C=O) groups is 1. The molecule has 108 valence electrons. The summed E-state index contributed by atoms with van der Waals surface area (Å²) in [5, 5.41) is 10.0. The van der Waals surface area contributed by atoms with Gasteiger partial charge in [0.1, 0.15) is 0 Å². The minimum absolute atomic E-state index is 0.0937. The summed E-state index contributed by atoms with van der Waals surface area (Å²) in [7, 11) is 0. The second-order valence-electron chi connectivity index (χ2n) is 4.92. The minimum atomic E-state index is -0.777. The highest BCUT2D eigenvalue weighted by atomic mass is 32.1. The zero-order valence-electron chi connectivity index (χ0n) is 12.3. The van der Waals surface area contributed by atoms with Crippen LogP contribution in [0.2, 0.25) is 0 Å². The maximum atomic E-state index is 10.9. The summed E-state index contributed by atoms with van der Waals surface area (Å²) in [5.41, 5.74) is 0.960. The summed E-state index contributed by atoms with van der Waals surface area (Å²) in [6.07, 6.45) is 1.00. The molecule has 1 rings (SSSR count). The third kappa shape index (κ3) is 4.91. The Morgan fingerprint density at radius 1 is 1.37 bits per heavy atom. The van der Waals surface area contributed by atoms with Gasteiger partial charge in [-0.25, -0.2) is 4.98 Å². The van der Waals surface area contributed by atoms with Gasteiger partial charge in [-0.3, -0.25) is 4.79 Å². The normalized spacial score (nSPS) is 11.5. The summed E-state index contributed by atoms with van der Waals surface area (Å²) in [4.78, 5) is 18.8. The first-order chi connectivity index (χ1) is 8.97. The summed E-state index contributed by atoms with van der Waals surface area (Å²) in [5.74, 6) is -0.492. The number of likely N-dealkylation sites (N-methyl/N-ethyl adjacent to an activating group) is 1. The van der Waals surface area contributed by atoms with Crippen LogP contribution in [-0.4, -0.2) is 40.6 Å². The fourth-order valence-corrected chi connectivity index (χ4v) is 3.23. The first-order valence-electron chi connectivity index (χ1n) is 6.90. The molecule has 0 aliphatic carbocycles. The van der Waals surface area contributed by atoms with Crippen LogP contribution in [-0.2, 0) is 17.6 Å². The Kier molecular flexibility index (Phi) is 6.45. The number of hydrogen-bond donors (Lipinski definition) is 1. The fourth-order valence-electron chi connectivity index (χ4n) is 2.03. The highest BCUT2D eigenvalue weighted by molar-refractivity contribution is 7.11. The van der Waals surface area contributed by atoms with Gasteiger partial charge in [0.2, 0.25) is 0 Å². The van der Waals surface area contributed by atoms with Crippen LogP contribution in [0.1, 0.15) is 49.2 Å². The number of nitrogens with zero attached hydrogens (tertiary/aromatic N) is 2. The van der Waals surface area contributed by atoms with Crippen LogP contribution in [0.4, 0.5) is 0 Å². The van der Waals surface area contributed by atoms with Gasteiger partial charge in [-0.2, -0.15) is 0 Å². The smallest absolute Gasteiger partial charge is 0.308 e. The number of carboxylic acids is 1. The van der Waals surface area contributed by atoms with Gasteiger partial charge in [0, 0.05) is 17.8 Å². The van der Waals surface area contributed by atoms with E-state index < -0.39 is 5.97 Å². The van der Waals surface area contributed by atoms with Crippen LogP contribution in [0, 0.1) is 0 Å². The predicted octanol–water partition coefficient (Wildman–Crippen LogP) is 2.78. The molecule has 0 aromatic carbocycles. The standard InChI is InChI=1S/C14H24N2O2S/c1-5-16(6-2)8-7-12-15-14(10(3)4)11(19-12)9-13(17)18/h10H,5-9H2,1-4H3,(H,17,18). The molecular formula is C14H24N2O2S. The average molecular weight is 284 g/mol. The van der Waals surface area contributed by atoms with Crippen molar-refractivity contribution in [3.8, 4) is 0 Å². The molecule has 0 radical (unpaired) electrons. The molecule has 1 heterocycles. The molecule has 4 nitrogen and oxygen atoms in total. The van der Waals surface area contributed by atoms with E-state index in [1.807, 2.05) is 0 Å². The molecule has 0 saturated carbocycles. The third-order valence-electron chi connectivity index (χ3n) is 3.17. The van der Waals surface area contributed by atoms with Crippen molar-refractivity contribution in [3.63, 3.8) is 0 Å². The molecule has 0 amide bonds. The molecule has 1 N–H and O–H groups in total. The van der Waals surface area contributed by atoms with Crippen LogP contribution in [0.5, 0.6) is 0 Å². The molecule has 0 fully saturated rings. The number of aromatic nitrogens is 1. The van der Waals surface area contributed by atoms with Gasteiger partial charge >= 0.3 is 5.97 Å². The van der Waals surface area contributed by atoms with E-state index >= 15 is 0 Å². The van der Waals surface area contributed by atoms with Crippen molar-refractivity contribution in [2.24, 2.45) is 0 Å². The first-order valence-corrected chi connectivity index (χ1v) is 7.72. The third-order valence-corrected chi connectivity index (χ3v) is 4.30. The van der Waals surface area contributed by atoms with Crippen molar-refractivity contribution in [2.45, 2.75) is 46.5 Å². The number of hydrogen-bond acceptors (Lipinski definition) is 4. The van der Waals surface area contributed by atoms with Crippen LogP contribution in [0.3, 0.4) is 0 Å². The SMILES string of the molecule is CCN(CC)CCc1nc(C(C)C)c(CC(=O)O)s1. The van der Waals surface area contributed by atoms with E-state index in [2.05, 4.69) is 37.6 Å². The van der Waals surface area contributed by atoms with E-state index in [0.29, 0.717) is 0 Å². The van der Waals surface area contributed by atoms with Crippen LogP contribution in [0.15, 0.2) is 0 Å². The van der Waals surface area contributed by atoms with E-state index in [9.17, 15) is 4.79 Å². The second-order valence-corrected chi connectivity index (χ2v) is 6.09. The van der Waals surface area contributed by atoms with E-state index in [4.69, 9.17) is 5.11 Å². The largest absolute Gasteiger partial charge is 0.481 e. The van der Waals surface area contributed by atoms with Gasteiger partial charge in [0.05, 0.1) is 17.1 Å². The Labute approximate surface area is 119 Å². The topological polar surface area (TPSA) is 53.4 Å². The lowest BCUT2D eigenvalue weighted by molar-refractivity contribution is -0.136. The van der Waals surface area contributed by atoms with Crippen molar-refractivity contribution >= 4 is 17.3 Å². The quantitative estimate of drug-likeness (QED) is 0.797. The monoisotopic (exact) mass is 284 g/mol. The molecule has 0 aliphatic rings. The van der Waals surface area contributed by atoms with E-state index in [1.165, 1.54) is 0 Å². The molecule has 5 heteroatoms. The molecule has 1 aromatic rings. The Hall–Kier alpha value is -0.940. The molecule has 0 atom stereocenters. The predicted molar refractivity (Wildman–Crippen MR) is 79.0 cm³/mol. The van der Waals surface area contributed by atoms with Crippen molar-refractivity contribution < 1.29 is 9.90 Å². The van der Waals surface area contributed by atoms with Crippen molar-refractivity contribution in [2.75, 3.05) is 19.6 Å². The van der Waals surface area contributed by atoms with Gasteiger partial charge in [0.25, 0.3) is 0 Å². The zero-order valence-corrected chi connectivity index (χ0v) is 13.1. The number of thiazole rings is 1. The summed E-state index contributed by atoms with van der Waals surface area (Å²) < 4.78 is 0. The van der Waals surface area contributed by atoms with Gasteiger partial charge in [-0.05, 0) is 19.0 Å². The highest BCUT2D eigenvalue weighted by Gasteiger charge is 2.16. The second kappa shape index (κ2) is 7.60. The molecule has 0 spiro atoms. The molecular weight excluding hydrogens is 260 g/mol. The zero-order chi connectivity index (χ0) is 14.4. The van der Waals surface area contributed by atoms with Crippen LogP contribution in [0.25, 0.3) is 0 Å². The van der Waals surface area contributed by atoms with Gasteiger partial charge in [-0.15, -0.1) is 11.3 Å². The van der Waals surface area contributed by atoms with Gasteiger partial charge < -0.3 is 10.0 Å². The summed E-state index contributed by atoms with van der Waals surface area (Å²) in [6.45, 7) is 11.5. The number of rotatable bonds is 8. The summed E-state index contributed by atoms with van der Waals surface area (Å²) in [6, 6.07) is 0. The Morgan fingerprint density at radius 2 is 2.00 bits per heavy atom. The highest BCUT2D eigenvalue weighted by Crippen LogP contribution is 2.26. The van der Waals surface area contributed by atoms with Crippen LogP contribution < -0.4 is 0 Å². The minimum Gasteiger partial charge on any atom is -0.481 e. The Balaban J connectivity index is 2.77. The van der Waals surface area contributed by atoms with Crippen molar-refractivity contribution in [1.82, 2.24) is 9.88 Å². The maximum Gasteiger partial charge on any atom is 0.308 e. The first kappa shape index (κ1) is 16.1. The summed E-state index contributed by atoms with van der Waals surface area (Å²) >= 11 is 1.56. The van der Waals surface area contributed by atoms with E-state index in [1.54, 1.807) is 11.3 Å². The maximum absolute atomic E-state index is 10.9.